The van der Waals surface area contributed by atoms with Crippen molar-refractivity contribution in [3.8, 4) is 0 Å². The fourth-order valence-electron chi connectivity index (χ4n) is 2.35. The molecule has 8 heteroatoms. The van der Waals surface area contributed by atoms with Gasteiger partial charge < -0.3 is 16.4 Å². The SMILES string of the molecule is CC(=O)Nc1ccc(C(=O)N[C@@H](CC[S@@](=O)c2ccccc2)C(N)=O)cc1. The number of carbonyl (C=O) groups is 3. The minimum atomic E-state index is -1.29. The molecule has 2 aromatic carbocycles. The zero-order valence-electron chi connectivity index (χ0n) is 14.8. The van der Waals surface area contributed by atoms with Crippen LogP contribution in [0.4, 0.5) is 5.69 Å². The molecule has 0 heterocycles. The van der Waals surface area contributed by atoms with Gasteiger partial charge in [-0.25, -0.2) is 0 Å². The molecule has 142 valence electrons. The van der Waals surface area contributed by atoms with Crippen LogP contribution in [0, 0.1) is 0 Å². The van der Waals surface area contributed by atoms with Crippen LogP contribution < -0.4 is 16.4 Å². The monoisotopic (exact) mass is 387 g/mol. The zero-order chi connectivity index (χ0) is 19.8. The summed E-state index contributed by atoms with van der Waals surface area (Å²) in [5, 5.41) is 5.16. The van der Waals surface area contributed by atoms with Crippen molar-refractivity contribution in [2.75, 3.05) is 11.1 Å². The molecule has 2 rings (SSSR count). The van der Waals surface area contributed by atoms with Gasteiger partial charge in [-0.05, 0) is 42.8 Å². The van der Waals surface area contributed by atoms with Gasteiger partial charge in [-0.2, -0.15) is 0 Å². The smallest absolute Gasteiger partial charge is 0.251 e. The lowest BCUT2D eigenvalue weighted by molar-refractivity contribution is -0.120. The Bertz CT molecular complexity index is 838. The van der Waals surface area contributed by atoms with Crippen molar-refractivity contribution in [1.82, 2.24) is 5.32 Å². The average Bonchev–Trinajstić information content (AvgIpc) is 2.65. The van der Waals surface area contributed by atoms with E-state index in [4.69, 9.17) is 5.73 Å². The van der Waals surface area contributed by atoms with Crippen molar-refractivity contribution < 1.29 is 18.6 Å². The lowest BCUT2D eigenvalue weighted by Gasteiger charge is -2.15. The first-order valence-corrected chi connectivity index (χ1v) is 9.60. The molecule has 0 fully saturated rings. The molecule has 0 saturated heterocycles. The highest BCUT2D eigenvalue weighted by Gasteiger charge is 2.20. The Morgan fingerprint density at radius 3 is 2.22 bits per heavy atom. The first-order chi connectivity index (χ1) is 12.9. The summed E-state index contributed by atoms with van der Waals surface area (Å²) in [6.45, 7) is 1.39. The lowest BCUT2D eigenvalue weighted by atomic mass is 10.1. The van der Waals surface area contributed by atoms with Crippen LogP contribution in [-0.2, 0) is 20.4 Å². The zero-order valence-corrected chi connectivity index (χ0v) is 15.6. The normalized spacial score (nSPS) is 12.6. The number of nitrogens with one attached hydrogen (secondary N) is 2. The molecule has 2 atom stereocenters. The van der Waals surface area contributed by atoms with Crippen LogP contribution in [0.5, 0.6) is 0 Å². The Hall–Kier alpha value is -3.00. The summed E-state index contributed by atoms with van der Waals surface area (Å²) in [7, 11) is -1.29. The van der Waals surface area contributed by atoms with E-state index < -0.39 is 28.7 Å². The van der Waals surface area contributed by atoms with Gasteiger partial charge in [-0.3, -0.25) is 18.6 Å². The second-order valence-electron chi connectivity index (χ2n) is 5.84. The van der Waals surface area contributed by atoms with Gasteiger partial charge in [-0.1, -0.05) is 18.2 Å². The van der Waals surface area contributed by atoms with E-state index in [1.54, 1.807) is 36.4 Å². The maximum Gasteiger partial charge on any atom is 0.251 e. The Morgan fingerprint density at radius 1 is 1.04 bits per heavy atom. The van der Waals surface area contributed by atoms with E-state index in [9.17, 15) is 18.6 Å². The third-order valence-electron chi connectivity index (χ3n) is 3.71. The maximum atomic E-state index is 12.3. The van der Waals surface area contributed by atoms with Gasteiger partial charge in [0.2, 0.25) is 11.8 Å². The van der Waals surface area contributed by atoms with E-state index in [0.29, 0.717) is 16.1 Å². The number of anilines is 1. The number of benzene rings is 2. The van der Waals surface area contributed by atoms with Crippen molar-refractivity contribution in [2.24, 2.45) is 5.73 Å². The largest absolute Gasteiger partial charge is 0.368 e. The summed E-state index contributed by atoms with van der Waals surface area (Å²) in [6, 6.07) is 14.2. The summed E-state index contributed by atoms with van der Waals surface area (Å²) in [4.78, 5) is 35.6. The third kappa shape index (κ3) is 6.34. The Morgan fingerprint density at radius 2 is 1.67 bits per heavy atom. The quantitative estimate of drug-likeness (QED) is 0.635. The van der Waals surface area contributed by atoms with E-state index in [1.165, 1.54) is 19.1 Å². The number of primary amides is 1. The van der Waals surface area contributed by atoms with Gasteiger partial charge in [0.05, 0.1) is 10.8 Å². The summed E-state index contributed by atoms with van der Waals surface area (Å²) < 4.78 is 12.3. The molecule has 2 aromatic rings. The lowest BCUT2D eigenvalue weighted by Crippen LogP contribution is -2.45. The molecule has 0 spiro atoms. The van der Waals surface area contributed by atoms with E-state index in [-0.39, 0.29) is 18.1 Å². The predicted molar refractivity (Wildman–Crippen MR) is 104 cm³/mol. The minimum Gasteiger partial charge on any atom is -0.368 e. The number of rotatable bonds is 8. The molecule has 27 heavy (non-hydrogen) atoms. The Balaban J connectivity index is 1.96. The fraction of sp³-hybridized carbons (Fsp3) is 0.211. The number of hydrogen-bond acceptors (Lipinski definition) is 4. The summed E-state index contributed by atoms with van der Waals surface area (Å²) in [5.74, 6) is -1.19. The Labute approximate surface area is 159 Å². The van der Waals surface area contributed by atoms with Gasteiger partial charge in [0.25, 0.3) is 5.91 Å². The van der Waals surface area contributed by atoms with Gasteiger partial charge in [0, 0.05) is 28.8 Å². The van der Waals surface area contributed by atoms with Crippen LogP contribution in [0.2, 0.25) is 0 Å². The first kappa shape index (κ1) is 20.3. The Kier molecular flexibility index (Phi) is 7.25. The van der Waals surface area contributed by atoms with Crippen molar-refractivity contribution in [3.63, 3.8) is 0 Å². The first-order valence-electron chi connectivity index (χ1n) is 8.28. The summed E-state index contributed by atoms with van der Waals surface area (Å²) >= 11 is 0. The summed E-state index contributed by atoms with van der Waals surface area (Å²) in [6.07, 6.45) is 0.159. The fourth-order valence-corrected chi connectivity index (χ4v) is 3.50. The molecule has 4 N–H and O–H groups in total. The van der Waals surface area contributed by atoms with Gasteiger partial charge in [-0.15, -0.1) is 0 Å². The number of carbonyl (C=O) groups excluding carboxylic acids is 3. The van der Waals surface area contributed by atoms with Crippen molar-refractivity contribution in [1.29, 1.82) is 0 Å². The van der Waals surface area contributed by atoms with Crippen LogP contribution in [0.25, 0.3) is 0 Å². The van der Waals surface area contributed by atoms with Crippen molar-refractivity contribution in [2.45, 2.75) is 24.3 Å². The van der Waals surface area contributed by atoms with Crippen molar-refractivity contribution >= 4 is 34.2 Å². The van der Waals surface area contributed by atoms with E-state index >= 15 is 0 Å². The highest BCUT2D eigenvalue weighted by molar-refractivity contribution is 7.85. The number of amides is 3. The standard InChI is InChI=1S/C19H21N3O4S/c1-13(23)21-15-9-7-14(8-10-15)19(25)22-17(18(20)24)11-12-27(26)16-5-3-2-4-6-16/h2-10,17H,11-12H2,1H3,(H2,20,24)(H,21,23)(H,22,25)/t17-,27+/m0/s1. The van der Waals surface area contributed by atoms with Crippen LogP contribution in [-0.4, -0.2) is 33.7 Å². The highest BCUT2D eigenvalue weighted by Crippen LogP contribution is 2.11. The molecule has 0 aliphatic heterocycles. The van der Waals surface area contributed by atoms with Crippen LogP contribution in [0.1, 0.15) is 23.7 Å². The second kappa shape index (κ2) is 9.63. The van der Waals surface area contributed by atoms with E-state index in [2.05, 4.69) is 10.6 Å². The summed E-state index contributed by atoms with van der Waals surface area (Å²) in [5.41, 5.74) is 6.24. The molecule has 0 saturated carbocycles. The molecular formula is C19H21N3O4S. The van der Waals surface area contributed by atoms with E-state index in [1.807, 2.05) is 6.07 Å². The molecule has 0 aliphatic rings. The molecule has 3 amide bonds. The third-order valence-corrected chi connectivity index (χ3v) is 5.12. The van der Waals surface area contributed by atoms with Crippen molar-refractivity contribution in [3.05, 3.63) is 60.2 Å². The number of hydrogen-bond donors (Lipinski definition) is 3. The van der Waals surface area contributed by atoms with E-state index in [0.717, 1.165) is 0 Å². The molecule has 0 bridgehead atoms. The minimum absolute atomic E-state index is 0.159. The predicted octanol–water partition coefficient (Wildman–Crippen LogP) is 1.43. The molecule has 7 nitrogen and oxygen atoms in total. The van der Waals surface area contributed by atoms with Crippen LogP contribution in [0.15, 0.2) is 59.5 Å². The van der Waals surface area contributed by atoms with Gasteiger partial charge in [0.1, 0.15) is 6.04 Å². The molecule has 0 aliphatic carbocycles. The maximum absolute atomic E-state index is 12.3. The number of nitrogens with two attached hydrogens (primary N) is 1. The highest BCUT2D eigenvalue weighted by atomic mass is 32.2. The topological polar surface area (TPSA) is 118 Å². The molecule has 0 radical (unpaired) electrons. The van der Waals surface area contributed by atoms with Crippen LogP contribution in [0.3, 0.4) is 0 Å². The second-order valence-corrected chi connectivity index (χ2v) is 7.41. The van der Waals surface area contributed by atoms with Crippen LogP contribution >= 0.6 is 0 Å². The molecule has 0 aromatic heterocycles. The molecular weight excluding hydrogens is 366 g/mol. The average molecular weight is 387 g/mol. The van der Waals surface area contributed by atoms with Gasteiger partial charge >= 0.3 is 0 Å². The molecule has 0 unspecified atom stereocenters. The van der Waals surface area contributed by atoms with Gasteiger partial charge in [0.15, 0.2) is 0 Å².